The van der Waals surface area contributed by atoms with Crippen LogP contribution in [0.5, 0.6) is 0 Å². The molecule has 1 heterocycles. The lowest BCUT2D eigenvalue weighted by Gasteiger charge is -2.48. The predicted molar refractivity (Wildman–Crippen MR) is 114 cm³/mol. The van der Waals surface area contributed by atoms with Crippen molar-refractivity contribution in [3.63, 3.8) is 0 Å². The van der Waals surface area contributed by atoms with Gasteiger partial charge in [0.1, 0.15) is 0 Å². The lowest BCUT2D eigenvalue weighted by molar-refractivity contribution is -0.164. The van der Waals surface area contributed by atoms with E-state index in [9.17, 15) is 45.0 Å². The summed E-state index contributed by atoms with van der Waals surface area (Å²) in [5, 5.41) is 9.30. The van der Waals surface area contributed by atoms with Crippen LogP contribution in [-0.2, 0) is 11.0 Å². The van der Waals surface area contributed by atoms with Gasteiger partial charge in [-0.1, -0.05) is 45.1 Å². The highest BCUT2D eigenvalue weighted by Gasteiger charge is 2.52. The van der Waals surface area contributed by atoms with Crippen LogP contribution < -0.4 is 0 Å². The fraction of sp³-hybridized carbons (Fsp3) is 0.625. The highest BCUT2D eigenvalue weighted by molar-refractivity contribution is 5.67. The molecule has 0 radical (unpaired) electrons. The van der Waals surface area contributed by atoms with E-state index >= 15 is 0 Å². The quantitative estimate of drug-likeness (QED) is 0.302. The Morgan fingerprint density at radius 3 is 2.14 bits per heavy atom. The Labute approximate surface area is 198 Å². The van der Waals surface area contributed by atoms with E-state index in [1.165, 1.54) is 11.0 Å². The fourth-order valence-corrected chi connectivity index (χ4v) is 4.26. The van der Waals surface area contributed by atoms with E-state index in [0.717, 1.165) is 12.1 Å². The summed E-state index contributed by atoms with van der Waals surface area (Å²) in [6.07, 6.45) is -9.52. The summed E-state index contributed by atoms with van der Waals surface area (Å²) in [6.45, 7) is 5.05. The Balaban J connectivity index is 2.60. The lowest BCUT2D eigenvalue weighted by atomic mass is 9.78. The Kier molecular flexibility index (Phi) is 8.67. The van der Waals surface area contributed by atoms with Crippen LogP contribution in [0.4, 0.5) is 35.1 Å². The molecule has 1 aromatic carbocycles. The maximum atomic E-state index is 15.0. The van der Waals surface area contributed by atoms with Gasteiger partial charge < -0.3 is 5.11 Å². The Hall–Kier alpha value is -2.17. The van der Waals surface area contributed by atoms with Crippen molar-refractivity contribution in [1.29, 1.82) is 0 Å². The first-order valence-corrected chi connectivity index (χ1v) is 11.1. The molecule has 3 unspecified atom stereocenters. The molecule has 3 atom stereocenters. The van der Waals surface area contributed by atoms with Gasteiger partial charge in [0.25, 0.3) is 5.92 Å². The number of allylic oxidation sites excluding steroid dienone is 1. The fourth-order valence-electron chi connectivity index (χ4n) is 4.26. The summed E-state index contributed by atoms with van der Waals surface area (Å²) in [6, 6.07) is 0.994. The van der Waals surface area contributed by atoms with E-state index in [1.54, 1.807) is 26.8 Å². The smallest absolute Gasteiger partial charge is 0.416 e. The van der Waals surface area contributed by atoms with Crippen molar-refractivity contribution in [1.82, 2.24) is 4.90 Å². The number of alkyl halides is 8. The summed E-state index contributed by atoms with van der Waals surface area (Å²) >= 11 is 0. The normalized spacial score (nSPS) is 22.9. The standard InChI is InChI=1S/C24H29F8NO2/c1-21(2,3)10-8-17(9-11-23(27,28)29)33-13-12-22(25,26)18(14-19(34)35)20(33)15-4-6-16(7-5-15)24(30,31)32/h4-8,10,17-18,20H,9,11-14H2,1-3H3,(H,34,35)/b10-8-. The second-order valence-corrected chi connectivity index (χ2v) is 9.96. The number of piperidine rings is 1. The number of likely N-dealkylation sites (tertiary alicyclic amines) is 1. The van der Waals surface area contributed by atoms with E-state index in [-0.39, 0.29) is 12.1 Å². The molecule has 35 heavy (non-hydrogen) atoms. The summed E-state index contributed by atoms with van der Waals surface area (Å²) < 4.78 is 108. The van der Waals surface area contributed by atoms with Crippen molar-refractivity contribution in [3.05, 3.63) is 47.5 Å². The number of carboxylic acids is 1. The van der Waals surface area contributed by atoms with Crippen molar-refractivity contribution in [2.75, 3.05) is 6.54 Å². The number of benzene rings is 1. The lowest BCUT2D eigenvalue weighted by Crippen LogP contribution is -2.53. The third-order valence-corrected chi connectivity index (χ3v) is 5.93. The van der Waals surface area contributed by atoms with Gasteiger partial charge in [0.15, 0.2) is 0 Å². The molecule has 0 amide bonds. The largest absolute Gasteiger partial charge is 0.481 e. The third kappa shape index (κ3) is 8.47. The van der Waals surface area contributed by atoms with Gasteiger partial charge in [0, 0.05) is 31.5 Å². The number of rotatable bonds is 7. The summed E-state index contributed by atoms with van der Waals surface area (Å²) in [5.41, 5.74) is -1.48. The van der Waals surface area contributed by atoms with Crippen LogP contribution in [0.25, 0.3) is 0 Å². The first-order chi connectivity index (χ1) is 15.8. The second kappa shape index (κ2) is 10.4. The number of hydrogen-bond acceptors (Lipinski definition) is 2. The van der Waals surface area contributed by atoms with E-state index < -0.39 is 78.9 Å². The molecule has 3 nitrogen and oxygen atoms in total. The van der Waals surface area contributed by atoms with Crippen molar-refractivity contribution >= 4 is 5.97 Å². The average Bonchev–Trinajstić information content (AvgIpc) is 2.67. The van der Waals surface area contributed by atoms with Crippen LogP contribution in [0, 0.1) is 11.3 Å². The van der Waals surface area contributed by atoms with E-state index in [4.69, 9.17) is 0 Å². The van der Waals surface area contributed by atoms with E-state index in [1.807, 2.05) is 0 Å². The third-order valence-electron chi connectivity index (χ3n) is 5.93. The van der Waals surface area contributed by atoms with E-state index in [0.29, 0.717) is 12.1 Å². The van der Waals surface area contributed by atoms with Crippen LogP contribution in [0.1, 0.15) is 63.6 Å². The Morgan fingerprint density at radius 1 is 1.11 bits per heavy atom. The van der Waals surface area contributed by atoms with Crippen molar-refractivity contribution in [3.8, 4) is 0 Å². The van der Waals surface area contributed by atoms with E-state index in [2.05, 4.69) is 0 Å². The van der Waals surface area contributed by atoms with Crippen LogP contribution in [-0.4, -0.2) is 40.7 Å². The van der Waals surface area contributed by atoms with Crippen LogP contribution in [0.3, 0.4) is 0 Å². The van der Waals surface area contributed by atoms with Gasteiger partial charge in [0.2, 0.25) is 0 Å². The summed E-state index contributed by atoms with van der Waals surface area (Å²) in [5.74, 6) is -6.86. The zero-order valence-corrected chi connectivity index (χ0v) is 19.6. The average molecular weight is 515 g/mol. The Bertz CT molecular complexity index is 885. The zero-order valence-electron chi connectivity index (χ0n) is 19.6. The minimum absolute atomic E-state index is 0.00945. The second-order valence-electron chi connectivity index (χ2n) is 9.96. The summed E-state index contributed by atoms with van der Waals surface area (Å²) in [7, 11) is 0. The number of carboxylic acid groups (broad SMARTS) is 1. The topological polar surface area (TPSA) is 40.5 Å². The highest BCUT2D eigenvalue weighted by atomic mass is 19.4. The number of carbonyl (C=O) groups is 1. The van der Waals surface area contributed by atoms with Crippen molar-refractivity contribution < 1.29 is 45.0 Å². The first kappa shape index (κ1) is 29.1. The zero-order chi connectivity index (χ0) is 26.8. The molecule has 0 saturated carbocycles. The molecule has 1 aliphatic heterocycles. The Morgan fingerprint density at radius 2 is 1.69 bits per heavy atom. The molecule has 1 saturated heterocycles. The van der Waals surface area contributed by atoms with Crippen LogP contribution >= 0.6 is 0 Å². The molecule has 2 rings (SSSR count). The minimum atomic E-state index is -4.68. The number of aliphatic carboxylic acids is 1. The molecular formula is C24H29F8NO2. The molecule has 0 spiro atoms. The highest BCUT2D eigenvalue weighted by Crippen LogP contribution is 2.48. The molecule has 0 aromatic heterocycles. The monoisotopic (exact) mass is 515 g/mol. The SMILES string of the molecule is CC(C)(C)/C=C\C(CCC(F)(F)F)N1CCC(F)(F)C(CC(=O)O)C1c1ccc(C(F)(F)F)cc1. The van der Waals surface area contributed by atoms with Gasteiger partial charge in [-0.25, -0.2) is 8.78 Å². The maximum absolute atomic E-state index is 15.0. The number of halogens is 8. The predicted octanol–water partition coefficient (Wildman–Crippen LogP) is 7.49. The summed E-state index contributed by atoms with van der Waals surface area (Å²) in [4.78, 5) is 12.8. The molecule has 1 fully saturated rings. The van der Waals surface area contributed by atoms with Gasteiger partial charge in [0.05, 0.1) is 17.9 Å². The van der Waals surface area contributed by atoms with Gasteiger partial charge in [-0.15, -0.1) is 0 Å². The maximum Gasteiger partial charge on any atom is 0.416 e. The van der Waals surface area contributed by atoms with Crippen LogP contribution in [0.2, 0.25) is 0 Å². The molecule has 0 aliphatic carbocycles. The van der Waals surface area contributed by atoms with Crippen LogP contribution in [0.15, 0.2) is 36.4 Å². The first-order valence-electron chi connectivity index (χ1n) is 11.1. The molecule has 11 heteroatoms. The minimum Gasteiger partial charge on any atom is -0.481 e. The van der Waals surface area contributed by atoms with Gasteiger partial charge >= 0.3 is 18.3 Å². The molecular weight excluding hydrogens is 486 g/mol. The molecule has 1 aromatic rings. The molecule has 0 bridgehead atoms. The molecule has 198 valence electrons. The van der Waals surface area contributed by atoms with Gasteiger partial charge in [-0.2, -0.15) is 26.3 Å². The number of nitrogens with zero attached hydrogens (tertiary/aromatic N) is 1. The van der Waals surface area contributed by atoms with Gasteiger partial charge in [-0.3, -0.25) is 9.69 Å². The molecule has 1 aliphatic rings. The van der Waals surface area contributed by atoms with Crippen molar-refractivity contribution in [2.45, 2.75) is 76.8 Å². The molecule has 1 N–H and O–H groups in total. The van der Waals surface area contributed by atoms with Gasteiger partial charge in [-0.05, 0) is 29.5 Å². The number of hydrogen-bond donors (Lipinski definition) is 1. The van der Waals surface area contributed by atoms with Crippen molar-refractivity contribution in [2.24, 2.45) is 11.3 Å².